The third-order valence-corrected chi connectivity index (χ3v) is 4.43. The maximum Gasteiger partial charge on any atom is 0.264 e. The molecule has 3 aromatic rings. The van der Waals surface area contributed by atoms with Crippen LogP contribution in [0, 0.1) is 18.3 Å². The molecule has 1 amide bonds. The van der Waals surface area contributed by atoms with Gasteiger partial charge < -0.3 is 15.7 Å². The predicted octanol–water partition coefficient (Wildman–Crippen LogP) is 4.43. The van der Waals surface area contributed by atoms with Gasteiger partial charge in [0.15, 0.2) is 0 Å². The van der Waals surface area contributed by atoms with Gasteiger partial charge in [0.1, 0.15) is 17.4 Å². The zero-order valence-corrected chi connectivity index (χ0v) is 16.0. The molecule has 0 bridgehead atoms. The maximum atomic E-state index is 12.8. The highest BCUT2D eigenvalue weighted by Gasteiger charge is 2.19. The van der Waals surface area contributed by atoms with Gasteiger partial charge in [0.2, 0.25) is 0 Å². The molecule has 0 saturated heterocycles. The number of aromatic hydroxyl groups is 1. The van der Waals surface area contributed by atoms with Crippen LogP contribution >= 0.6 is 0 Å². The number of hydrogen-bond donors (Lipinski definition) is 3. The number of aryl methyl sites for hydroxylation is 1. The minimum atomic E-state index is -0.509. The van der Waals surface area contributed by atoms with Gasteiger partial charge in [-0.1, -0.05) is 66.7 Å². The summed E-state index contributed by atoms with van der Waals surface area (Å²) in [6.07, 6.45) is 1.30. The van der Waals surface area contributed by atoms with Crippen LogP contribution in [0.2, 0.25) is 0 Å². The first-order valence-corrected chi connectivity index (χ1v) is 9.15. The van der Waals surface area contributed by atoms with E-state index in [1.54, 1.807) is 18.2 Å². The number of nitrogens with one attached hydrogen (secondary N) is 2. The third-order valence-electron chi connectivity index (χ3n) is 4.43. The lowest BCUT2D eigenvalue weighted by Gasteiger charge is -2.19. The number of carbonyl (C=O) groups excluding carboxylic acids is 1. The van der Waals surface area contributed by atoms with Crippen LogP contribution in [0.25, 0.3) is 0 Å². The Kier molecular flexibility index (Phi) is 6.29. The lowest BCUT2D eigenvalue weighted by Crippen LogP contribution is -2.30. The van der Waals surface area contributed by atoms with Gasteiger partial charge >= 0.3 is 0 Å². The molecule has 0 aromatic heterocycles. The van der Waals surface area contributed by atoms with Gasteiger partial charge in [0, 0.05) is 6.20 Å². The SMILES string of the molecule is Cc1ccc(O)c(N/C=C(/C#N)C(=O)NC(c2ccccc2)c2ccccc2)c1. The fourth-order valence-electron chi connectivity index (χ4n) is 2.92. The molecule has 3 rings (SSSR count). The molecule has 5 heteroatoms. The summed E-state index contributed by atoms with van der Waals surface area (Å²) in [5.74, 6) is -0.471. The van der Waals surface area contributed by atoms with Crippen molar-refractivity contribution >= 4 is 11.6 Å². The van der Waals surface area contributed by atoms with Crippen LogP contribution in [0.5, 0.6) is 5.75 Å². The standard InChI is InChI=1S/C24H21N3O2/c1-17-12-13-22(28)21(14-17)26-16-20(15-25)24(29)27-23(18-8-4-2-5-9-18)19-10-6-3-7-11-19/h2-14,16,23,26,28H,1H3,(H,27,29)/b20-16-. The maximum absolute atomic E-state index is 12.8. The van der Waals surface area contributed by atoms with Gasteiger partial charge in [-0.15, -0.1) is 0 Å². The molecule has 29 heavy (non-hydrogen) atoms. The number of nitrogens with zero attached hydrogens (tertiary/aromatic N) is 1. The van der Waals surface area contributed by atoms with Gasteiger partial charge in [-0.2, -0.15) is 5.26 Å². The number of anilines is 1. The van der Waals surface area contributed by atoms with E-state index in [1.165, 1.54) is 6.20 Å². The lowest BCUT2D eigenvalue weighted by atomic mass is 9.98. The Labute approximate surface area is 169 Å². The summed E-state index contributed by atoms with van der Waals surface area (Å²) in [6, 6.07) is 25.7. The van der Waals surface area contributed by atoms with Crippen molar-refractivity contribution in [3.8, 4) is 11.8 Å². The molecule has 0 unspecified atom stereocenters. The van der Waals surface area contributed by atoms with Crippen molar-refractivity contribution in [1.29, 1.82) is 5.26 Å². The van der Waals surface area contributed by atoms with E-state index in [9.17, 15) is 15.2 Å². The minimum absolute atomic E-state index is 0.0380. The Bertz CT molecular complexity index is 1010. The summed E-state index contributed by atoms with van der Waals surface area (Å²) < 4.78 is 0. The topological polar surface area (TPSA) is 85.2 Å². The Balaban J connectivity index is 1.84. The number of phenols is 1. The molecule has 0 aliphatic heterocycles. The van der Waals surface area contributed by atoms with E-state index in [1.807, 2.05) is 73.7 Å². The van der Waals surface area contributed by atoms with Crippen LogP contribution in [0.4, 0.5) is 5.69 Å². The van der Waals surface area contributed by atoms with Crippen LogP contribution in [-0.4, -0.2) is 11.0 Å². The Morgan fingerprint density at radius 1 is 1.00 bits per heavy atom. The highest BCUT2D eigenvalue weighted by atomic mass is 16.3. The second-order valence-electron chi connectivity index (χ2n) is 6.56. The predicted molar refractivity (Wildman–Crippen MR) is 113 cm³/mol. The van der Waals surface area contributed by atoms with Crippen LogP contribution in [-0.2, 0) is 4.79 Å². The smallest absolute Gasteiger partial charge is 0.264 e. The van der Waals surface area contributed by atoms with Crippen molar-refractivity contribution in [2.24, 2.45) is 0 Å². The second kappa shape index (κ2) is 9.25. The van der Waals surface area contributed by atoms with Crippen molar-refractivity contribution in [3.63, 3.8) is 0 Å². The van der Waals surface area contributed by atoms with E-state index < -0.39 is 11.9 Å². The molecule has 0 atom stereocenters. The number of phenolic OH excluding ortho intramolecular Hbond substituents is 1. The van der Waals surface area contributed by atoms with Gasteiger partial charge in [-0.05, 0) is 35.7 Å². The first kappa shape index (κ1) is 19.7. The molecule has 3 aromatic carbocycles. The molecule has 0 radical (unpaired) electrons. The van der Waals surface area contributed by atoms with Gasteiger partial charge in [0.25, 0.3) is 5.91 Å². The number of rotatable bonds is 6. The average Bonchev–Trinajstić information content (AvgIpc) is 2.76. The number of amides is 1. The van der Waals surface area contributed by atoms with Crippen molar-refractivity contribution in [2.45, 2.75) is 13.0 Å². The average molecular weight is 383 g/mol. The third kappa shape index (κ3) is 5.02. The second-order valence-corrected chi connectivity index (χ2v) is 6.56. The van der Waals surface area contributed by atoms with Crippen LogP contribution in [0.1, 0.15) is 22.7 Å². The number of hydrogen-bond acceptors (Lipinski definition) is 4. The summed E-state index contributed by atoms with van der Waals surface area (Å²) in [4.78, 5) is 12.8. The summed E-state index contributed by atoms with van der Waals surface area (Å²) in [7, 11) is 0. The van der Waals surface area contributed by atoms with Gasteiger partial charge in [-0.25, -0.2) is 0 Å². The van der Waals surface area contributed by atoms with E-state index in [2.05, 4.69) is 10.6 Å². The molecule has 0 spiro atoms. The van der Waals surface area contributed by atoms with Crippen LogP contribution in [0.3, 0.4) is 0 Å². The number of carbonyl (C=O) groups is 1. The van der Waals surface area contributed by atoms with Crippen LogP contribution in [0.15, 0.2) is 90.6 Å². The fourth-order valence-corrected chi connectivity index (χ4v) is 2.92. The van der Waals surface area contributed by atoms with Crippen molar-refractivity contribution in [1.82, 2.24) is 5.32 Å². The first-order chi connectivity index (χ1) is 14.1. The summed E-state index contributed by atoms with van der Waals surface area (Å²) in [5.41, 5.74) is 3.09. The zero-order valence-electron chi connectivity index (χ0n) is 16.0. The van der Waals surface area contributed by atoms with Gasteiger partial charge in [0.05, 0.1) is 11.7 Å². The molecular weight excluding hydrogens is 362 g/mol. The zero-order chi connectivity index (χ0) is 20.6. The molecule has 0 aliphatic carbocycles. The Morgan fingerprint density at radius 2 is 1.59 bits per heavy atom. The molecule has 0 saturated carbocycles. The quantitative estimate of drug-likeness (QED) is 0.334. The number of nitriles is 1. The summed E-state index contributed by atoms with van der Waals surface area (Å²) in [5, 5.41) is 25.2. The lowest BCUT2D eigenvalue weighted by molar-refractivity contribution is -0.117. The molecule has 5 nitrogen and oxygen atoms in total. The first-order valence-electron chi connectivity index (χ1n) is 9.15. The Hall–Kier alpha value is -4.04. The van der Waals surface area contributed by atoms with E-state index in [4.69, 9.17) is 0 Å². The molecule has 3 N–H and O–H groups in total. The molecule has 144 valence electrons. The molecule has 0 fully saturated rings. The molecular formula is C24H21N3O2. The van der Waals surface area contributed by atoms with Crippen molar-refractivity contribution in [3.05, 3.63) is 107 Å². The number of benzene rings is 3. The van der Waals surface area contributed by atoms with E-state index in [0.29, 0.717) is 5.69 Å². The fraction of sp³-hybridized carbons (Fsp3) is 0.0833. The minimum Gasteiger partial charge on any atom is -0.506 e. The van der Waals surface area contributed by atoms with Crippen molar-refractivity contribution in [2.75, 3.05) is 5.32 Å². The largest absolute Gasteiger partial charge is 0.506 e. The highest BCUT2D eigenvalue weighted by molar-refractivity contribution is 5.98. The molecule has 0 aliphatic rings. The highest BCUT2D eigenvalue weighted by Crippen LogP contribution is 2.25. The van der Waals surface area contributed by atoms with E-state index >= 15 is 0 Å². The summed E-state index contributed by atoms with van der Waals surface area (Å²) in [6.45, 7) is 1.89. The monoisotopic (exact) mass is 383 g/mol. The normalized spacial score (nSPS) is 11.0. The van der Waals surface area contributed by atoms with Crippen molar-refractivity contribution < 1.29 is 9.90 Å². The van der Waals surface area contributed by atoms with Gasteiger partial charge in [-0.3, -0.25) is 4.79 Å². The Morgan fingerprint density at radius 3 is 2.14 bits per heavy atom. The van der Waals surface area contributed by atoms with Crippen LogP contribution < -0.4 is 10.6 Å². The van der Waals surface area contributed by atoms with E-state index in [-0.39, 0.29) is 11.3 Å². The van der Waals surface area contributed by atoms with E-state index in [0.717, 1.165) is 16.7 Å². The molecule has 0 heterocycles. The summed E-state index contributed by atoms with van der Waals surface area (Å²) >= 11 is 0.